The smallest absolute Gasteiger partial charge is 0.0799 e. The highest BCUT2D eigenvalue weighted by Gasteiger charge is 2.24. The fourth-order valence-electron chi connectivity index (χ4n) is 0.838. The van der Waals surface area contributed by atoms with Gasteiger partial charge in [-0.3, -0.25) is 0 Å². The molecule has 0 rings (SSSR count). The van der Waals surface area contributed by atoms with Crippen molar-refractivity contribution in [2.24, 2.45) is 5.92 Å². The summed E-state index contributed by atoms with van der Waals surface area (Å²) >= 11 is 5.45. The standard InChI is InChI=1S/C9H20ClNO2.C3H8/c1-7(6-12)9(2,3)11-5-8(13)4-10;1-3-2/h7-8,11-13H,4-6H2,1-3H3;3H2,1-2H3. The normalized spacial score (nSPS) is 15.0. The maximum Gasteiger partial charge on any atom is 0.0799 e. The lowest BCUT2D eigenvalue weighted by Gasteiger charge is -2.32. The zero-order valence-electron chi connectivity index (χ0n) is 11.3. The Morgan fingerprint density at radius 2 is 1.75 bits per heavy atom. The van der Waals surface area contributed by atoms with Crippen molar-refractivity contribution in [2.45, 2.75) is 52.7 Å². The lowest BCUT2D eigenvalue weighted by Crippen LogP contribution is -2.49. The van der Waals surface area contributed by atoms with Gasteiger partial charge in [-0.05, 0) is 19.8 Å². The van der Waals surface area contributed by atoms with Crippen molar-refractivity contribution in [1.82, 2.24) is 5.32 Å². The van der Waals surface area contributed by atoms with E-state index in [2.05, 4.69) is 19.2 Å². The number of aliphatic hydroxyl groups is 2. The van der Waals surface area contributed by atoms with Crippen LogP contribution in [0.1, 0.15) is 41.0 Å². The zero-order valence-corrected chi connectivity index (χ0v) is 12.0. The van der Waals surface area contributed by atoms with Crippen LogP contribution in [0, 0.1) is 5.92 Å². The molecule has 0 amide bonds. The van der Waals surface area contributed by atoms with E-state index in [0.717, 1.165) is 0 Å². The van der Waals surface area contributed by atoms with Gasteiger partial charge in [-0.2, -0.15) is 0 Å². The molecule has 2 unspecified atom stereocenters. The third-order valence-corrected chi connectivity index (χ3v) is 2.83. The molecular formula is C12H28ClNO2. The highest BCUT2D eigenvalue weighted by atomic mass is 35.5. The summed E-state index contributed by atoms with van der Waals surface area (Å²) in [5.41, 5.74) is -0.179. The molecule has 0 spiro atoms. The van der Waals surface area contributed by atoms with Gasteiger partial charge in [0.05, 0.1) is 6.10 Å². The van der Waals surface area contributed by atoms with Crippen LogP contribution in [0.2, 0.25) is 0 Å². The molecule has 0 heterocycles. The van der Waals surface area contributed by atoms with Crippen molar-refractivity contribution in [2.75, 3.05) is 19.0 Å². The average Bonchev–Trinajstić information content (AvgIpc) is 2.25. The number of hydrogen-bond donors (Lipinski definition) is 3. The summed E-state index contributed by atoms with van der Waals surface area (Å²) in [6.07, 6.45) is 0.729. The first-order valence-corrected chi connectivity index (χ1v) is 6.48. The number of β-amino-alcohol motifs (C(OH)–C–C–N with tert-alkyl or cyclic N) is 1. The third kappa shape index (κ3) is 9.40. The van der Waals surface area contributed by atoms with Gasteiger partial charge in [-0.25, -0.2) is 0 Å². The first-order chi connectivity index (χ1) is 7.35. The molecule has 2 atom stereocenters. The van der Waals surface area contributed by atoms with E-state index in [-0.39, 0.29) is 23.9 Å². The lowest BCUT2D eigenvalue weighted by molar-refractivity contribution is 0.131. The van der Waals surface area contributed by atoms with Crippen LogP contribution in [-0.4, -0.2) is 40.9 Å². The SMILES string of the molecule is CC(CO)C(C)(C)NCC(O)CCl.CCC. The molecule has 3 nitrogen and oxygen atoms in total. The lowest BCUT2D eigenvalue weighted by atomic mass is 9.89. The van der Waals surface area contributed by atoms with Crippen LogP contribution in [0.5, 0.6) is 0 Å². The Hall–Kier alpha value is 0.170. The minimum absolute atomic E-state index is 0.136. The van der Waals surface area contributed by atoms with E-state index in [1.165, 1.54) is 6.42 Å². The van der Waals surface area contributed by atoms with Crippen molar-refractivity contribution in [3.8, 4) is 0 Å². The summed E-state index contributed by atoms with van der Waals surface area (Å²) in [7, 11) is 0. The summed E-state index contributed by atoms with van der Waals surface area (Å²) in [6.45, 7) is 10.8. The Bertz CT molecular complexity index is 154. The quantitative estimate of drug-likeness (QED) is 0.635. The molecule has 0 aliphatic carbocycles. The van der Waals surface area contributed by atoms with Crippen LogP contribution in [-0.2, 0) is 0 Å². The van der Waals surface area contributed by atoms with E-state index in [0.29, 0.717) is 6.54 Å². The van der Waals surface area contributed by atoms with Crippen LogP contribution < -0.4 is 5.32 Å². The van der Waals surface area contributed by atoms with Gasteiger partial charge in [-0.1, -0.05) is 27.2 Å². The second-order valence-electron chi connectivity index (χ2n) is 4.70. The van der Waals surface area contributed by atoms with Crippen molar-refractivity contribution >= 4 is 11.6 Å². The maximum absolute atomic E-state index is 9.22. The van der Waals surface area contributed by atoms with Crippen LogP contribution in [0.4, 0.5) is 0 Å². The second kappa shape index (κ2) is 10.3. The van der Waals surface area contributed by atoms with Gasteiger partial charge < -0.3 is 15.5 Å². The minimum Gasteiger partial charge on any atom is -0.396 e. The Labute approximate surface area is 105 Å². The van der Waals surface area contributed by atoms with Gasteiger partial charge in [0.1, 0.15) is 0 Å². The van der Waals surface area contributed by atoms with Crippen molar-refractivity contribution in [3.05, 3.63) is 0 Å². The molecule has 0 saturated heterocycles. The number of nitrogens with one attached hydrogen (secondary N) is 1. The van der Waals surface area contributed by atoms with Gasteiger partial charge in [0.2, 0.25) is 0 Å². The van der Waals surface area contributed by atoms with Gasteiger partial charge in [-0.15, -0.1) is 11.6 Å². The average molecular weight is 254 g/mol. The monoisotopic (exact) mass is 253 g/mol. The highest BCUT2D eigenvalue weighted by molar-refractivity contribution is 6.18. The van der Waals surface area contributed by atoms with Gasteiger partial charge in [0.25, 0.3) is 0 Å². The molecule has 0 saturated carbocycles. The topological polar surface area (TPSA) is 52.5 Å². The van der Waals surface area contributed by atoms with Crippen molar-refractivity contribution in [3.63, 3.8) is 0 Å². The van der Waals surface area contributed by atoms with Crippen molar-refractivity contribution in [1.29, 1.82) is 0 Å². The van der Waals surface area contributed by atoms with Crippen LogP contribution in [0.3, 0.4) is 0 Å². The maximum atomic E-state index is 9.22. The molecule has 0 aliphatic heterocycles. The Morgan fingerprint density at radius 1 is 1.31 bits per heavy atom. The fourth-order valence-corrected chi connectivity index (χ4v) is 0.947. The van der Waals surface area contributed by atoms with Crippen LogP contribution >= 0.6 is 11.6 Å². The Kier molecular flexibility index (Phi) is 12.0. The molecule has 0 aliphatic rings. The largest absolute Gasteiger partial charge is 0.396 e. The van der Waals surface area contributed by atoms with E-state index in [1.54, 1.807) is 0 Å². The van der Waals surface area contributed by atoms with E-state index in [9.17, 15) is 5.11 Å². The molecule has 4 heteroatoms. The molecule has 3 N–H and O–H groups in total. The summed E-state index contributed by atoms with van der Waals surface area (Å²) in [5, 5.41) is 21.3. The number of halogens is 1. The summed E-state index contributed by atoms with van der Waals surface area (Å²) in [5.74, 6) is 0.381. The predicted molar refractivity (Wildman–Crippen MR) is 71.0 cm³/mol. The number of hydrogen-bond acceptors (Lipinski definition) is 3. The summed E-state index contributed by atoms with van der Waals surface area (Å²) < 4.78 is 0. The van der Waals surface area contributed by atoms with E-state index < -0.39 is 6.10 Å². The number of rotatable bonds is 6. The molecule has 0 fully saturated rings. The highest BCUT2D eigenvalue weighted by Crippen LogP contribution is 2.15. The molecule has 0 bridgehead atoms. The molecule has 16 heavy (non-hydrogen) atoms. The van der Waals surface area contributed by atoms with E-state index in [1.807, 2.05) is 20.8 Å². The van der Waals surface area contributed by atoms with Gasteiger partial charge in [0, 0.05) is 24.6 Å². The molecule has 0 aromatic rings. The first-order valence-electron chi connectivity index (χ1n) is 5.95. The molecule has 0 aromatic carbocycles. The molecule has 0 radical (unpaired) electrons. The first kappa shape index (κ1) is 18.5. The minimum atomic E-state index is -0.521. The molecular weight excluding hydrogens is 226 g/mol. The Morgan fingerprint density at radius 3 is 2.06 bits per heavy atom. The zero-order chi connectivity index (χ0) is 13.2. The molecule has 100 valence electrons. The van der Waals surface area contributed by atoms with E-state index >= 15 is 0 Å². The van der Waals surface area contributed by atoms with Gasteiger partial charge >= 0.3 is 0 Å². The van der Waals surface area contributed by atoms with Crippen LogP contribution in [0.15, 0.2) is 0 Å². The van der Waals surface area contributed by atoms with Crippen molar-refractivity contribution < 1.29 is 10.2 Å². The number of aliphatic hydroxyl groups excluding tert-OH is 2. The van der Waals surface area contributed by atoms with E-state index in [4.69, 9.17) is 16.7 Å². The van der Waals surface area contributed by atoms with Crippen LogP contribution in [0.25, 0.3) is 0 Å². The van der Waals surface area contributed by atoms with Gasteiger partial charge in [0.15, 0.2) is 0 Å². The second-order valence-corrected chi connectivity index (χ2v) is 5.01. The third-order valence-electron chi connectivity index (χ3n) is 2.48. The molecule has 0 aromatic heterocycles. The number of alkyl halides is 1. The predicted octanol–water partition coefficient (Wildman–Crippen LogP) is 2.00. The summed E-state index contributed by atoms with van der Waals surface area (Å²) in [4.78, 5) is 0. The summed E-state index contributed by atoms with van der Waals surface area (Å²) in [6, 6.07) is 0. The fraction of sp³-hybridized carbons (Fsp3) is 1.00. The Balaban J connectivity index is 0.